The first-order valence-electron chi connectivity index (χ1n) is 12.1. The molecule has 1 aromatic carbocycles. The molecule has 1 unspecified atom stereocenters. The predicted molar refractivity (Wildman–Crippen MR) is 128 cm³/mol. The van der Waals surface area contributed by atoms with Gasteiger partial charge in [0.2, 0.25) is 0 Å². The van der Waals surface area contributed by atoms with Crippen molar-refractivity contribution in [2.75, 3.05) is 0 Å². The Hall–Kier alpha value is -1.57. The van der Waals surface area contributed by atoms with E-state index in [-0.39, 0.29) is 11.4 Å². The summed E-state index contributed by atoms with van der Waals surface area (Å²) in [5.74, 6) is 2.04. The number of hydrogen-bond acceptors (Lipinski definition) is 2. The van der Waals surface area contributed by atoms with Gasteiger partial charge in [-0.2, -0.15) is 0 Å². The van der Waals surface area contributed by atoms with Crippen LogP contribution in [0.2, 0.25) is 0 Å². The van der Waals surface area contributed by atoms with Gasteiger partial charge in [-0.15, -0.1) is 0 Å². The molecule has 0 spiro atoms. The Morgan fingerprint density at radius 2 is 1.87 bits per heavy atom. The van der Waals surface area contributed by atoms with Gasteiger partial charge >= 0.3 is 5.97 Å². The Kier molecular flexibility index (Phi) is 8.76. The molecule has 30 heavy (non-hydrogen) atoms. The van der Waals surface area contributed by atoms with Gasteiger partial charge in [-0.05, 0) is 67.6 Å². The Bertz CT molecular complexity index is 754. The third-order valence-corrected chi connectivity index (χ3v) is 7.03. The van der Waals surface area contributed by atoms with Crippen LogP contribution in [0.15, 0.2) is 23.8 Å². The highest BCUT2D eigenvalue weighted by molar-refractivity contribution is 5.70. The number of carbonyl (C=O) groups excluding carboxylic acids is 1. The summed E-state index contributed by atoms with van der Waals surface area (Å²) in [4.78, 5) is 12.0. The zero-order valence-corrected chi connectivity index (χ0v) is 20.7. The average Bonchev–Trinajstić information content (AvgIpc) is 2.64. The monoisotopic (exact) mass is 412 g/mol. The highest BCUT2D eigenvalue weighted by Gasteiger charge is 2.32. The summed E-state index contributed by atoms with van der Waals surface area (Å²) < 4.78 is 5.85. The van der Waals surface area contributed by atoms with Gasteiger partial charge in [-0.1, -0.05) is 78.0 Å². The van der Waals surface area contributed by atoms with Crippen LogP contribution in [0.3, 0.4) is 0 Å². The molecule has 2 atom stereocenters. The molecule has 1 aliphatic rings. The van der Waals surface area contributed by atoms with E-state index in [1.807, 2.05) is 0 Å². The van der Waals surface area contributed by atoms with Gasteiger partial charge in [0.05, 0.1) is 0 Å². The summed E-state index contributed by atoms with van der Waals surface area (Å²) in [7, 11) is 0. The first kappa shape index (κ1) is 24.7. The van der Waals surface area contributed by atoms with E-state index in [0.717, 1.165) is 12.2 Å². The third-order valence-electron chi connectivity index (χ3n) is 7.03. The maximum Gasteiger partial charge on any atom is 0.308 e. The maximum absolute atomic E-state index is 12.0. The molecule has 0 amide bonds. The van der Waals surface area contributed by atoms with Gasteiger partial charge < -0.3 is 4.74 Å². The van der Waals surface area contributed by atoms with Crippen LogP contribution < -0.4 is 4.74 Å². The van der Waals surface area contributed by atoms with E-state index in [1.54, 1.807) is 0 Å². The lowest BCUT2D eigenvalue weighted by Gasteiger charge is -2.35. The second-order valence-corrected chi connectivity index (χ2v) is 10.5. The van der Waals surface area contributed by atoms with Gasteiger partial charge in [0.25, 0.3) is 0 Å². The van der Waals surface area contributed by atoms with Crippen molar-refractivity contribution in [3.63, 3.8) is 0 Å². The fourth-order valence-electron chi connectivity index (χ4n) is 5.09. The van der Waals surface area contributed by atoms with Crippen molar-refractivity contribution in [2.45, 2.75) is 112 Å². The number of unbranched alkanes of at least 4 members (excludes halogenated alkanes) is 3. The minimum absolute atomic E-state index is 0.0711. The number of benzene rings is 1. The largest absolute Gasteiger partial charge is 0.426 e. The normalized spacial score (nSPS) is 19.7. The van der Waals surface area contributed by atoms with E-state index >= 15 is 0 Å². The lowest BCUT2D eigenvalue weighted by molar-refractivity contribution is -0.131. The molecule has 0 saturated carbocycles. The van der Waals surface area contributed by atoms with Gasteiger partial charge in [0.1, 0.15) is 5.75 Å². The van der Waals surface area contributed by atoms with Crippen molar-refractivity contribution in [1.29, 1.82) is 0 Å². The summed E-state index contributed by atoms with van der Waals surface area (Å²) in [5, 5.41) is 0. The van der Waals surface area contributed by atoms with Crippen LogP contribution in [0.4, 0.5) is 0 Å². The fraction of sp³-hybridized carbons (Fsp3) is 0.679. The van der Waals surface area contributed by atoms with Gasteiger partial charge in [-0.25, -0.2) is 0 Å². The molecule has 0 fully saturated rings. The second-order valence-electron chi connectivity index (χ2n) is 10.5. The average molecular weight is 413 g/mol. The van der Waals surface area contributed by atoms with Crippen LogP contribution in [-0.4, -0.2) is 5.97 Å². The molecular weight excluding hydrogens is 368 g/mol. The van der Waals surface area contributed by atoms with Crippen molar-refractivity contribution in [3.05, 3.63) is 40.5 Å². The van der Waals surface area contributed by atoms with Crippen LogP contribution in [0, 0.1) is 18.8 Å². The Morgan fingerprint density at radius 3 is 2.47 bits per heavy atom. The van der Waals surface area contributed by atoms with Gasteiger partial charge in [0.15, 0.2) is 0 Å². The van der Waals surface area contributed by atoms with Crippen LogP contribution in [0.5, 0.6) is 5.75 Å². The van der Waals surface area contributed by atoms with Gasteiger partial charge in [0, 0.05) is 18.4 Å². The summed E-state index contributed by atoms with van der Waals surface area (Å²) in [6, 6.07) is 4.52. The molecule has 0 heterocycles. The Labute approximate surface area is 185 Å². The molecule has 1 aromatic rings. The molecule has 0 aromatic heterocycles. The fourth-order valence-corrected chi connectivity index (χ4v) is 5.09. The highest BCUT2D eigenvalue weighted by atomic mass is 16.5. The quantitative estimate of drug-likeness (QED) is 0.176. The van der Waals surface area contributed by atoms with E-state index in [2.05, 4.69) is 66.7 Å². The second kappa shape index (κ2) is 10.6. The summed E-state index contributed by atoms with van der Waals surface area (Å²) >= 11 is 0. The number of hydrogen-bond donors (Lipinski definition) is 0. The molecular formula is C28H44O2. The van der Waals surface area contributed by atoms with E-state index < -0.39 is 0 Å². The number of carbonyl (C=O) groups is 1. The molecule has 2 rings (SSSR count). The summed E-state index contributed by atoms with van der Waals surface area (Å²) in [6.07, 6.45) is 11.0. The van der Waals surface area contributed by atoms with Crippen molar-refractivity contribution in [1.82, 2.24) is 0 Å². The summed E-state index contributed by atoms with van der Waals surface area (Å²) in [6.45, 7) is 17.5. The number of allylic oxidation sites excluding steroid dienone is 2. The lowest BCUT2D eigenvalue weighted by Crippen LogP contribution is -2.24. The predicted octanol–water partition coefficient (Wildman–Crippen LogP) is 8.26. The zero-order chi connectivity index (χ0) is 22.5. The molecule has 0 aliphatic heterocycles. The smallest absolute Gasteiger partial charge is 0.308 e. The standard InChI is InChI=1S/C28H44O2/c1-9-10-11-12-15-28(7,8)23-17-21(5)27(26(18-23)30-22(6)29)25-16-20(4)13-14-24(25)19(2)3/h16-19,24-25H,9-15H2,1-8H3/t24-,25?/m0/s1. The van der Waals surface area contributed by atoms with E-state index in [1.165, 1.54) is 67.7 Å². The van der Waals surface area contributed by atoms with Crippen LogP contribution >= 0.6 is 0 Å². The van der Waals surface area contributed by atoms with E-state index in [4.69, 9.17) is 4.74 Å². The van der Waals surface area contributed by atoms with E-state index in [0.29, 0.717) is 17.8 Å². The molecule has 2 heteroatoms. The van der Waals surface area contributed by atoms with Crippen LogP contribution in [-0.2, 0) is 10.2 Å². The van der Waals surface area contributed by atoms with Crippen LogP contribution in [0.25, 0.3) is 0 Å². The Morgan fingerprint density at radius 1 is 1.17 bits per heavy atom. The van der Waals surface area contributed by atoms with Crippen molar-refractivity contribution >= 4 is 5.97 Å². The molecule has 0 N–H and O–H groups in total. The molecule has 1 aliphatic carbocycles. The summed E-state index contributed by atoms with van der Waals surface area (Å²) in [5.41, 5.74) is 5.28. The number of aryl methyl sites for hydroxylation is 1. The first-order chi connectivity index (χ1) is 14.1. The Balaban J connectivity index is 2.48. The molecule has 0 bridgehead atoms. The van der Waals surface area contributed by atoms with Crippen molar-refractivity contribution < 1.29 is 9.53 Å². The third kappa shape index (κ3) is 6.22. The minimum Gasteiger partial charge on any atom is -0.426 e. The minimum atomic E-state index is -0.230. The number of rotatable bonds is 9. The topological polar surface area (TPSA) is 26.3 Å². The molecule has 2 nitrogen and oxygen atoms in total. The molecule has 168 valence electrons. The van der Waals surface area contributed by atoms with Crippen molar-refractivity contribution in [2.24, 2.45) is 11.8 Å². The number of esters is 1. The molecule has 0 saturated heterocycles. The first-order valence-corrected chi connectivity index (χ1v) is 12.1. The zero-order valence-electron chi connectivity index (χ0n) is 20.7. The lowest BCUT2D eigenvalue weighted by atomic mass is 9.70. The van der Waals surface area contributed by atoms with Crippen LogP contribution in [0.1, 0.15) is 116 Å². The molecule has 0 radical (unpaired) electrons. The maximum atomic E-state index is 12.0. The van der Waals surface area contributed by atoms with E-state index in [9.17, 15) is 4.79 Å². The van der Waals surface area contributed by atoms with Crippen molar-refractivity contribution in [3.8, 4) is 5.75 Å². The highest BCUT2D eigenvalue weighted by Crippen LogP contribution is 2.46. The van der Waals surface area contributed by atoms with Gasteiger partial charge in [-0.3, -0.25) is 4.79 Å². The SMILES string of the molecule is CCCCCCC(C)(C)c1cc(C)c(C2C=C(C)CC[C@H]2C(C)C)c(OC(C)=O)c1. The number of ether oxygens (including phenoxy) is 1.